The van der Waals surface area contributed by atoms with Gasteiger partial charge in [0.15, 0.2) is 0 Å². The molecule has 2 rings (SSSR count). The summed E-state index contributed by atoms with van der Waals surface area (Å²) in [6.45, 7) is 14.5. The van der Waals surface area contributed by atoms with Gasteiger partial charge in [0.2, 0.25) is 0 Å². The Morgan fingerprint density at radius 3 is 2.25 bits per heavy atom. The molecule has 0 N–H and O–H groups in total. The van der Waals surface area contributed by atoms with E-state index in [1.165, 1.54) is 23.6 Å². The molecule has 32 heavy (non-hydrogen) atoms. The molecule has 0 saturated carbocycles. The smallest absolute Gasteiger partial charge is 0.308 e. The first kappa shape index (κ1) is 26.0. The normalized spacial score (nSPS) is 18.6. The predicted octanol–water partition coefficient (Wildman–Crippen LogP) is 8.20. The van der Waals surface area contributed by atoms with Crippen molar-refractivity contribution in [1.82, 2.24) is 0 Å². The van der Waals surface area contributed by atoms with Crippen molar-refractivity contribution in [1.29, 1.82) is 0 Å². The zero-order valence-corrected chi connectivity index (χ0v) is 21.3. The molecule has 3 nitrogen and oxygen atoms in total. The number of benzene rings is 1. The van der Waals surface area contributed by atoms with Gasteiger partial charge in [0.25, 0.3) is 0 Å². The lowest BCUT2D eigenvalue weighted by molar-refractivity contribution is -0.131. The zero-order chi connectivity index (χ0) is 23.7. The highest BCUT2D eigenvalue weighted by Gasteiger charge is 2.32. The van der Waals surface area contributed by atoms with Crippen molar-refractivity contribution in [3.63, 3.8) is 0 Å². The summed E-state index contributed by atoms with van der Waals surface area (Å²) < 4.78 is 11.7. The number of hydrogen-bond acceptors (Lipinski definition) is 3. The largest absolute Gasteiger partial charge is 0.487 e. The minimum atomic E-state index is -0.289. The van der Waals surface area contributed by atoms with E-state index in [0.717, 1.165) is 68.2 Å². The molecule has 0 spiro atoms. The highest BCUT2D eigenvalue weighted by molar-refractivity contribution is 5.69. The van der Waals surface area contributed by atoms with Gasteiger partial charge in [-0.2, -0.15) is 0 Å². The van der Waals surface area contributed by atoms with Gasteiger partial charge in [0, 0.05) is 6.92 Å². The summed E-state index contributed by atoms with van der Waals surface area (Å²) in [5, 5.41) is 0. The maximum Gasteiger partial charge on any atom is 0.308 e. The minimum absolute atomic E-state index is 0.154. The van der Waals surface area contributed by atoms with Crippen molar-refractivity contribution in [2.24, 2.45) is 0 Å². The van der Waals surface area contributed by atoms with Gasteiger partial charge in [-0.1, -0.05) is 34.9 Å². The van der Waals surface area contributed by atoms with Gasteiger partial charge in [-0.25, -0.2) is 0 Å². The molecular formula is C29H42O3. The Bertz CT molecular complexity index is 884. The maximum absolute atomic E-state index is 11.3. The van der Waals surface area contributed by atoms with Crippen LogP contribution in [0, 0.1) is 6.92 Å². The number of rotatable bonds is 10. The summed E-state index contributed by atoms with van der Waals surface area (Å²) in [5.41, 5.74) is 6.36. The summed E-state index contributed by atoms with van der Waals surface area (Å²) in [4.78, 5) is 11.3. The molecule has 0 saturated heterocycles. The van der Waals surface area contributed by atoms with Crippen LogP contribution < -0.4 is 9.47 Å². The van der Waals surface area contributed by atoms with E-state index < -0.39 is 0 Å². The minimum Gasteiger partial charge on any atom is -0.487 e. The molecule has 1 heterocycles. The molecule has 0 radical (unpaired) electrons. The Morgan fingerprint density at radius 2 is 1.62 bits per heavy atom. The van der Waals surface area contributed by atoms with Crippen LogP contribution >= 0.6 is 0 Å². The topological polar surface area (TPSA) is 35.5 Å². The van der Waals surface area contributed by atoms with Crippen LogP contribution in [0.4, 0.5) is 0 Å². The van der Waals surface area contributed by atoms with Crippen molar-refractivity contribution in [3.8, 4) is 11.5 Å². The zero-order valence-electron chi connectivity index (χ0n) is 21.3. The van der Waals surface area contributed by atoms with Gasteiger partial charge in [0.1, 0.15) is 17.1 Å². The van der Waals surface area contributed by atoms with Crippen molar-refractivity contribution < 1.29 is 14.3 Å². The van der Waals surface area contributed by atoms with E-state index in [-0.39, 0.29) is 11.6 Å². The van der Waals surface area contributed by atoms with Gasteiger partial charge in [-0.3, -0.25) is 4.79 Å². The van der Waals surface area contributed by atoms with Crippen molar-refractivity contribution in [3.05, 3.63) is 58.2 Å². The highest BCUT2D eigenvalue weighted by atomic mass is 16.5. The first-order chi connectivity index (χ1) is 15.1. The monoisotopic (exact) mass is 438 g/mol. The second-order valence-electron chi connectivity index (χ2n) is 9.87. The van der Waals surface area contributed by atoms with E-state index >= 15 is 0 Å². The van der Waals surface area contributed by atoms with Crippen LogP contribution in [0.25, 0.3) is 0 Å². The Hall–Kier alpha value is -2.29. The molecule has 1 atom stereocenters. The van der Waals surface area contributed by atoms with Gasteiger partial charge in [-0.15, -0.1) is 0 Å². The maximum atomic E-state index is 11.3. The second-order valence-corrected chi connectivity index (χ2v) is 9.87. The van der Waals surface area contributed by atoms with E-state index in [1.807, 2.05) is 19.1 Å². The summed E-state index contributed by atoms with van der Waals surface area (Å²) >= 11 is 0. The average Bonchev–Trinajstić information content (AvgIpc) is 2.68. The number of hydrogen-bond donors (Lipinski definition) is 0. The summed E-state index contributed by atoms with van der Waals surface area (Å²) in [7, 11) is 0. The fraction of sp³-hybridized carbons (Fsp3) is 0.552. The molecular weight excluding hydrogens is 396 g/mol. The standard InChI is InChI=1S/C29H42O3/c1-21(2)11-8-12-22(3)13-9-14-23(4)15-10-17-29(7)18-16-26-20-27(31-25(6)30)19-24(5)28(26)32-29/h11,13,15,19-20H,8-10,12,14,16-18H2,1-7H3/b22-13+,23-15+/t29-/m0/s1. The third-order valence-electron chi connectivity index (χ3n) is 6.15. The molecule has 0 unspecified atom stereocenters. The van der Waals surface area contributed by atoms with Crippen LogP contribution in [0.2, 0.25) is 0 Å². The fourth-order valence-electron chi connectivity index (χ4n) is 4.20. The molecule has 0 bridgehead atoms. The lowest BCUT2D eigenvalue weighted by Crippen LogP contribution is -2.36. The molecule has 1 aliphatic rings. The number of carbonyl (C=O) groups excluding carboxylic acids is 1. The van der Waals surface area contributed by atoms with E-state index in [1.54, 1.807) is 0 Å². The van der Waals surface area contributed by atoms with Crippen LogP contribution in [0.3, 0.4) is 0 Å². The van der Waals surface area contributed by atoms with Crippen LogP contribution in [-0.4, -0.2) is 11.6 Å². The van der Waals surface area contributed by atoms with Gasteiger partial charge < -0.3 is 9.47 Å². The third-order valence-corrected chi connectivity index (χ3v) is 6.15. The van der Waals surface area contributed by atoms with Crippen LogP contribution in [0.5, 0.6) is 11.5 Å². The van der Waals surface area contributed by atoms with E-state index in [4.69, 9.17) is 9.47 Å². The molecule has 0 amide bonds. The predicted molar refractivity (Wildman–Crippen MR) is 134 cm³/mol. The number of fused-ring (bicyclic) bond motifs is 1. The van der Waals surface area contributed by atoms with Crippen LogP contribution in [0.1, 0.15) is 97.6 Å². The van der Waals surface area contributed by atoms with E-state index in [2.05, 4.69) is 52.8 Å². The average molecular weight is 439 g/mol. The van der Waals surface area contributed by atoms with E-state index in [0.29, 0.717) is 5.75 Å². The number of ether oxygens (including phenoxy) is 2. The molecule has 0 aromatic heterocycles. The molecule has 176 valence electrons. The van der Waals surface area contributed by atoms with Crippen molar-refractivity contribution in [2.45, 2.75) is 105 Å². The van der Waals surface area contributed by atoms with Gasteiger partial charge in [-0.05, 0) is 116 Å². The lowest BCUT2D eigenvalue weighted by atomic mass is 9.87. The Morgan fingerprint density at radius 1 is 1.00 bits per heavy atom. The molecule has 0 aliphatic carbocycles. The Balaban J connectivity index is 1.84. The van der Waals surface area contributed by atoms with Crippen LogP contribution in [-0.2, 0) is 11.2 Å². The molecule has 1 aliphatic heterocycles. The number of allylic oxidation sites excluding steroid dienone is 6. The van der Waals surface area contributed by atoms with Crippen molar-refractivity contribution >= 4 is 5.97 Å². The number of aryl methyl sites for hydroxylation is 2. The Labute approximate surface area is 195 Å². The molecule has 1 aromatic carbocycles. The van der Waals surface area contributed by atoms with Crippen LogP contribution in [0.15, 0.2) is 47.1 Å². The molecule has 0 fully saturated rings. The summed E-state index contributed by atoms with van der Waals surface area (Å²) in [6.07, 6.45) is 15.6. The molecule has 3 heteroatoms. The summed E-state index contributed by atoms with van der Waals surface area (Å²) in [5.74, 6) is 1.28. The first-order valence-electron chi connectivity index (χ1n) is 12.0. The first-order valence-corrected chi connectivity index (χ1v) is 12.0. The van der Waals surface area contributed by atoms with Crippen molar-refractivity contribution in [2.75, 3.05) is 0 Å². The van der Waals surface area contributed by atoms with Gasteiger partial charge in [0.05, 0.1) is 0 Å². The highest BCUT2D eigenvalue weighted by Crippen LogP contribution is 2.40. The number of esters is 1. The quantitative estimate of drug-likeness (QED) is 0.210. The van der Waals surface area contributed by atoms with E-state index in [9.17, 15) is 4.79 Å². The third kappa shape index (κ3) is 8.68. The summed E-state index contributed by atoms with van der Waals surface area (Å²) in [6, 6.07) is 3.84. The second kappa shape index (κ2) is 12.1. The SMILES string of the molecule is CC(=O)Oc1cc(C)c2c(c1)CC[C@](C)(CC/C=C(\C)CC/C=C(\C)CCC=C(C)C)O2. The lowest BCUT2D eigenvalue weighted by Gasteiger charge is -2.37. The Kier molecular flexibility index (Phi) is 9.81. The number of carbonyl (C=O) groups is 1. The fourth-order valence-corrected chi connectivity index (χ4v) is 4.20. The molecule has 1 aromatic rings. The van der Waals surface area contributed by atoms with Gasteiger partial charge >= 0.3 is 5.97 Å².